The summed E-state index contributed by atoms with van der Waals surface area (Å²) in [5.41, 5.74) is 1.26. The fourth-order valence-corrected chi connectivity index (χ4v) is 6.08. The van der Waals surface area contributed by atoms with Crippen LogP contribution in [0.3, 0.4) is 0 Å². The predicted octanol–water partition coefficient (Wildman–Crippen LogP) is 2.81. The Bertz CT molecular complexity index is 866. The molecule has 2 fully saturated rings. The Morgan fingerprint density at radius 3 is 2.61 bits per heavy atom. The molecule has 1 aromatic rings. The highest BCUT2D eigenvalue weighted by Crippen LogP contribution is 2.38. The monoisotopic (exact) mass is 450 g/mol. The van der Waals surface area contributed by atoms with E-state index < -0.39 is 10.0 Å². The van der Waals surface area contributed by atoms with Gasteiger partial charge in [-0.3, -0.25) is 4.79 Å². The standard InChI is InChI=1S/C23H34N2O5S/c1-31(27,28)24-20-7-4-14-25-21(20)16-30-18-12-10-17(11-13-18)19-6-2-3-8-22(19)29-15-5-9-23(25)26/h2-3,6,8,17-18,20-21,24H,4-5,7,9-16H2,1H3/t17?,18?,20-,21?/m0/s1. The minimum Gasteiger partial charge on any atom is -0.493 e. The molecule has 3 aliphatic heterocycles. The molecular weight excluding hydrogens is 416 g/mol. The van der Waals surface area contributed by atoms with E-state index in [9.17, 15) is 13.2 Å². The van der Waals surface area contributed by atoms with Crippen molar-refractivity contribution in [3.8, 4) is 5.75 Å². The lowest BCUT2D eigenvalue weighted by molar-refractivity contribution is -0.138. The Morgan fingerprint density at radius 1 is 1.06 bits per heavy atom. The van der Waals surface area contributed by atoms with Crippen LogP contribution in [0.2, 0.25) is 0 Å². The fourth-order valence-electron chi connectivity index (χ4n) is 5.26. The van der Waals surface area contributed by atoms with Crippen LogP contribution >= 0.6 is 0 Å². The number of fused-ring (bicyclic) bond motifs is 7. The van der Waals surface area contributed by atoms with E-state index in [1.54, 1.807) is 0 Å². The van der Waals surface area contributed by atoms with Gasteiger partial charge in [-0.2, -0.15) is 0 Å². The van der Waals surface area contributed by atoms with Gasteiger partial charge in [0, 0.05) is 19.0 Å². The molecule has 1 aromatic carbocycles. The zero-order chi connectivity index (χ0) is 21.8. The lowest BCUT2D eigenvalue weighted by Gasteiger charge is -2.42. The van der Waals surface area contributed by atoms with Crippen molar-refractivity contribution in [1.82, 2.24) is 9.62 Å². The summed E-state index contributed by atoms with van der Waals surface area (Å²) in [6, 6.07) is 7.68. The van der Waals surface area contributed by atoms with Crippen LogP contribution in [0.25, 0.3) is 0 Å². The molecule has 7 nitrogen and oxygen atoms in total. The second-order valence-corrected chi connectivity index (χ2v) is 10.9. The van der Waals surface area contributed by atoms with Crippen LogP contribution in [0.5, 0.6) is 5.75 Å². The average molecular weight is 451 g/mol. The number of sulfonamides is 1. The van der Waals surface area contributed by atoms with Gasteiger partial charge in [-0.05, 0) is 62.5 Å². The molecule has 8 heteroatoms. The number of nitrogens with one attached hydrogen (secondary N) is 1. The van der Waals surface area contributed by atoms with E-state index in [1.807, 2.05) is 17.0 Å². The van der Waals surface area contributed by atoms with Gasteiger partial charge >= 0.3 is 0 Å². The number of para-hydroxylation sites is 1. The summed E-state index contributed by atoms with van der Waals surface area (Å²) < 4.78 is 39.0. The molecule has 3 heterocycles. The molecule has 4 aliphatic rings. The molecule has 1 saturated heterocycles. The van der Waals surface area contributed by atoms with Crippen molar-refractivity contribution >= 4 is 15.9 Å². The number of rotatable bonds is 2. The van der Waals surface area contributed by atoms with E-state index >= 15 is 0 Å². The van der Waals surface area contributed by atoms with Gasteiger partial charge in [0.25, 0.3) is 0 Å². The first-order valence-corrected chi connectivity index (χ1v) is 13.4. The van der Waals surface area contributed by atoms with Crippen molar-refractivity contribution in [2.75, 3.05) is 26.0 Å². The van der Waals surface area contributed by atoms with Crippen LogP contribution < -0.4 is 9.46 Å². The molecule has 1 amide bonds. The van der Waals surface area contributed by atoms with Crippen LogP contribution in [0.4, 0.5) is 0 Å². The van der Waals surface area contributed by atoms with Crippen molar-refractivity contribution < 1.29 is 22.7 Å². The van der Waals surface area contributed by atoms with Crippen LogP contribution in [-0.4, -0.2) is 63.4 Å². The molecule has 1 saturated carbocycles. The van der Waals surface area contributed by atoms with Gasteiger partial charge in [0.2, 0.25) is 15.9 Å². The Balaban J connectivity index is 1.54. The number of carbonyl (C=O) groups excluding carboxylic acids is 1. The smallest absolute Gasteiger partial charge is 0.223 e. The maximum atomic E-state index is 13.0. The fraction of sp³-hybridized carbons (Fsp3) is 0.696. The van der Waals surface area contributed by atoms with Gasteiger partial charge in [-0.25, -0.2) is 13.1 Å². The highest BCUT2D eigenvalue weighted by atomic mass is 32.2. The van der Waals surface area contributed by atoms with E-state index in [1.165, 1.54) is 11.8 Å². The molecule has 0 spiro atoms. The van der Waals surface area contributed by atoms with E-state index in [0.29, 0.717) is 38.5 Å². The van der Waals surface area contributed by atoms with Gasteiger partial charge in [-0.1, -0.05) is 18.2 Å². The van der Waals surface area contributed by atoms with E-state index in [2.05, 4.69) is 16.9 Å². The van der Waals surface area contributed by atoms with E-state index in [4.69, 9.17) is 9.47 Å². The summed E-state index contributed by atoms with van der Waals surface area (Å²) in [6.45, 7) is 1.52. The number of piperidine rings is 1. The second-order valence-electron chi connectivity index (χ2n) is 9.09. The van der Waals surface area contributed by atoms with Gasteiger partial charge in [0.05, 0.1) is 31.6 Å². The van der Waals surface area contributed by atoms with Crippen molar-refractivity contribution in [2.45, 2.75) is 75.5 Å². The molecule has 1 unspecified atom stereocenters. The van der Waals surface area contributed by atoms with Gasteiger partial charge in [-0.15, -0.1) is 0 Å². The van der Waals surface area contributed by atoms with E-state index in [0.717, 1.165) is 44.3 Å². The van der Waals surface area contributed by atoms with E-state index in [-0.39, 0.29) is 24.1 Å². The topological polar surface area (TPSA) is 84.9 Å². The number of nitrogens with zero attached hydrogens (tertiary/aromatic N) is 1. The zero-order valence-corrected chi connectivity index (χ0v) is 19.1. The molecule has 0 aromatic heterocycles. The normalized spacial score (nSPS) is 30.5. The number of carbonyl (C=O) groups is 1. The van der Waals surface area contributed by atoms with Gasteiger partial charge in [0.1, 0.15) is 5.75 Å². The number of hydrogen-bond donors (Lipinski definition) is 1. The summed E-state index contributed by atoms with van der Waals surface area (Å²) in [4.78, 5) is 14.9. The minimum absolute atomic E-state index is 0.0460. The third-order valence-electron chi connectivity index (χ3n) is 6.79. The van der Waals surface area contributed by atoms with Gasteiger partial charge in [0.15, 0.2) is 0 Å². The maximum Gasteiger partial charge on any atom is 0.223 e. The summed E-state index contributed by atoms with van der Waals surface area (Å²) in [6.07, 6.45) is 7.86. The van der Waals surface area contributed by atoms with Crippen LogP contribution in [0, 0.1) is 0 Å². The number of hydrogen-bond acceptors (Lipinski definition) is 5. The Hall–Kier alpha value is -1.64. The lowest BCUT2D eigenvalue weighted by atomic mass is 9.82. The molecule has 1 aliphatic carbocycles. The lowest BCUT2D eigenvalue weighted by Crippen LogP contribution is -2.59. The van der Waals surface area contributed by atoms with Crippen molar-refractivity contribution in [3.63, 3.8) is 0 Å². The predicted molar refractivity (Wildman–Crippen MR) is 119 cm³/mol. The quantitative estimate of drug-likeness (QED) is 0.749. The SMILES string of the molecule is CS(=O)(=O)N[C@H]1CCCN2C(=O)CCCOc3ccccc3C3CCC(CC3)OCC12. The second kappa shape index (κ2) is 9.88. The Labute approximate surface area is 185 Å². The third kappa shape index (κ3) is 5.79. The molecule has 2 atom stereocenters. The molecule has 172 valence electrons. The maximum absolute atomic E-state index is 13.0. The first-order chi connectivity index (χ1) is 14.9. The molecule has 31 heavy (non-hydrogen) atoms. The first-order valence-electron chi connectivity index (χ1n) is 11.5. The van der Waals surface area contributed by atoms with Crippen molar-refractivity contribution in [3.05, 3.63) is 29.8 Å². The zero-order valence-electron chi connectivity index (χ0n) is 18.3. The number of ether oxygens (including phenoxy) is 2. The summed E-state index contributed by atoms with van der Waals surface area (Å²) in [5.74, 6) is 1.45. The van der Waals surface area contributed by atoms with Crippen LogP contribution in [-0.2, 0) is 19.6 Å². The minimum atomic E-state index is -3.36. The van der Waals surface area contributed by atoms with Crippen molar-refractivity contribution in [1.29, 1.82) is 0 Å². The molecule has 5 rings (SSSR count). The molecular formula is C23H34N2O5S. The average Bonchev–Trinajstić information content (AvgIpc) is 2.75. The third-order valence-corrected chi connectivity index (χ3v) is 7.52. The molecule has 1 N–H and O–H groups in total. The molecule has 0 radical (unpaired) electrons. The van der Waals surface area contributed by atoms with Crippen LogP contribution in [0.1, 0.15) is 62.8 Å². The Kier molecular flexibility index (Phi) is 7.19. The Morgan fingerprint density at radius 2 is 1.84 bits per heavy atom. The highest BCUT2D eigenvalue weighted by Gasteiger charge is 2.37. The first kappa shape index (κ1) is 22.6. The summed E-state index contributed by atoms with van der Waals surface area (Å²) in [5, 5.41) is 0. The number of amides is 1. The number of benzene rings is 1. The largest absolute Gasteiger partial charge is 0.493 e. The highest BCUT2D eigenvalue weighted by molar-refractivity contribution is 7.88. The van der Waals surface area contributed by atoms with Crippen LogP contribution in [0.15, 0.2) is 24.3 Å². The summed E-state index contributed by atoms with van der Waals surface area (Å²) in [7, 11) is -3.36. The molecule has 2 bridgehead atoms. The summed E-state index contributed by atoms with van der Waals surface area (Å²) >= 11 is 0. The van der Waals surface area contributed by atoms with Gasteiger partial charge < -0.3 is 14.4 Å². The van der Waals surface area contributed by atoms with Crippen molar-refractivity contribution in [2.24, 2.45) is 0 Å².